The fourth-order valence-corrected chi connectivity index (χ4v) is 3.45. The Kier molecular flexibility index (Phi) is 7.92. The molecule has 0 saturated heterocycles. The topological polar surface area (TPSA) is 84.9 Å². The van der Waals surface area contributed by atoms with Gasteiger partial charge in [0, 0.05) is 40.5 Å². The molecule has 8 heteroatoms. The number of aryl methyl sites for hydroxylation is 1. The predicted octanol–water partition coefficient (Wildman–Crippen LogP) is 3.14. The summed E-state index contributed by atoms with van der Waals surface area (Å²) in [6, 6.07) is 11.1. The highest BCUT2D eigenvalue weighted by Gasteiger charge is 2.10. The number of aliphatic hydroxyl groups excluding tert-OH is 1. The van der Waals surface area contributed by atoms with Crippen molar-refractivity contribution >= 4 is 28.7 Å². The lowest BCUT2D eigenvalue weighted by molar-refractivity contribution is 0.216. The third-order valence-electron chi connectivity index (χ3n) is 3.78. The van der Waals surface area contributed by atoms with E-state index in [9.17, 15) is 8.76 Å². The van der Waals surface area contributed by atoms with Crippen LogP contribution in [0.3, 0.4) is 0 Å². The number of ether oxygens (including phenoxy) is 1. The summed E-state index contributed by atoms with van der Waals surface area (Å²) in [7, 11) is 1.88. The number of benzene rings is 2. The van der Waals surface area contributed by atoms with Crippen LogP contribution >= 0.6 is 11.8 Å². The molecule has 142 valence electrons. The minimum atomic E-state index is -2.39. The number of hydrogen-bond acceptors (Lipinski definition) is 6. The van der Waals surface area contributed by atoms with Crippen molar-refractivity contribution < 1.29 is 18.6 Å². The fraction of sp³-hybridized carbons (Fsp3) is 0.333. The number of thioether (sulfide) groups is 1. The van der Waals surface area contributed by atoms with Gasteiger partial charge >= 0.3 is 0 Å². The number of nitrogens with zero attached hydrogens (tertiary/aromatic N) is 1. The second kappa shape index (κ2) is 9.94. The molecule has 2 aromatic rings. The fourth-order valence-electron chi connectivity index (χ4n) is 2.54. The number of nitrogens with one attached hydrogen (secondary N) is 1. The van der Waals surface area contributed by atoms with Gasteiger partial charge in [0.1, 0.15) is 11.5 Å². The van der Waals surface area contributed by atoms with Gasteiger partial charge in [-0.1, -0.05) is 0 Å². The van der Waals surface area contributed by atoms with Crippen LogP contribution in [0.1, 0.15) is 11.1 Å². The maximum absolute atomic E-state index is 10.9. The minimum absolute atomic E-state index is 0.0462. The number of hydrogen-bond donors (Lipinski definition) is 2. The average Bonchev–Trinajstić information content (AvgIpc) is 2.57. The molecular formula is C18H23N2O4S2-. The van der Waals surface area contributed by atoms with Gasteiger partial charge in [0.25, 0.3) is 0 Å². The highest BCUT2D eigenvalue weighted by atomic mass is 32.2. The molecule has 0 aliphatic carbocycles. The zero-order valence-electron chi connectivity index (χ0n) is 15.0. The van der Waals surface area contributed by atoms with Crippen LogP contribution in [-0.4, -0.2) is 45.2 Å². The second-order valence-electron chi connectivity index (χ2n) is 5.85. The minimum Gasteiger partial charge on any atom is -0.755 e. The molecule has 0 spiro atoms. The SMILES string of the molecule is CSc1ccc(Oc2ccc(NS(=O)[O-])cc2CN(C)CCO)cc1C. The van der Waals surface area contributed by atoms with Gasteiger partial charge in [0.15, 0.2) is 0 Å². The first-order chi connectivity index (χ1) is 12.4. The number of anilines is 1. The van der Waals surface area contributed by atoms with E-state index in [1.165, 1.54) is 4.90 Å². The summed E-state index contributed by atoms with van der Waals surface area (Å²) in [5, 5.41) is 9.10. The van der Waals surface area contributed by atoms with Crippen molar-refractivity contribution in [2.24, 2.45) is 0 Å². The Morgan fingerprint density at radius 1 is 1.31 bits per heavy atom. The molecule has 0 aliphatic heterocycles. The van der Waals surface area contributed by atoms with Gasteiger partial charge in [-0.3, -0.25) is 9.11 Å². The Balaban J connectivity index is 2.29. The summed E-state index contributed by atoms with van der Waals surface area (Å²) >= 11 is -0.707. The first-order valence-electron chi connectivity index (χ1n) is 8.03. The molecule has 1 unspecified atom stereocenters. The van der Waals surface area contributed by atoms with Gasteiger partial charge in [-0.15, -0.1) is 11.8 Å². The van der Waals surface area contributed by atoms with Crippen LogP contribution in [-0.2, 0) is 17.8 Å². The molecule has 6 nitrogen and oxygen atoms in total. The summed E-state index contributed by atoms with van der Waals surface area (Å²) in [5.74, 6) is 1.37. The monoisotopic (exact) mass is 395 g/mol. The van der Waals surface area contributed by atoms with E-state index >= 15 is 0 Å². The standard InChI is InChI=1S/C18H24N2O4S2/c1-13-10-16(5-7-18(13)25-3)24-17-6-4-15(19-26(22)23)11-14(17)12-20(2)8-9-21/h4-7,10-11,19,21H,8-9,12H2,1-3H3,(H,22,23)/p-1. The van der Waals surface area contributed by atoms with E-state index in [0.717, 1.165) is 16.9 Å². The third kappa shape index (κ3) is 6.00. The molecule has 0 aromatic heterocycles. The van der Waals surface area contributed by atoms with E-state index in [2.05, 4.69) is 4.72 Å². The normalized spacial score (nSPS) is 12.2. The highest BCUT2D eigenvalue weighted by molar-refractivity contribution is 7.98. The zero-order valence-corrected chi connectivity index (χ0v) is 16.7. The van der Waals surface area contributed by atoms with Crippen LogP contribution in [0.15, 0.2) is 41.3 Å². The van der Waals surface area contributed by atoms with Gasteiger partial charge in [0.05, 0.1) is 6.61 Å². The lowest BCUT2D eigenvalue weighted by Gasteiger charge is -2.20. The molecule has 0 aliphatic rings. The molecule has 0 heterocycles. The summed E-state index contributed by atoms with van der Waals surface area (Å²) in [6.07, 6.45) is 2.03. The summed E-state index contributed by atoms with van der Waals surface area (Å²) in [6.45, 7) is 3.10. The molecule has 26 heavy (non-hydrogen) atoms. The first kappa shape index (κ1) is 20.7. The lowest BCUT2D eigenvalue weighted by atomic mass is 10.1. The van der Waals surface area contributed by atoms with E-state index in [-0.39, 0.29) is 6.61 Å². The van der Waals surface area contributed by atoms with Crippen molar-refractivity contribution in [3.05, 3.63) is 47.5 Å². The largest absolute Gasteiger partial charge is 0.755 e. The second-order valence-corrected chi connectivity index (χ2v) is 7.38. The van der Waals surface area contributed by atoms with E-state index in [0.29, 0.717) is 24.5 Å². The van der Waals surface area contributed by atoms with Gasteiger partial charge in [-0.05, 0) is 62.2 Å². The van der Waals surface area contributed by atoms with Crippen LogP contribution < -0.4 is 9.46 Å². The maximum atomic E-state index is 10.9. The van der Waals surface area contributed by atoms with Crippen molar-refractivity contribution in [3.63, 3.8) is 0 Å². The van der Waals surface area contributed by atoms with Gasteiger partial charge in [0.2, 0.25) is 0 Å². The van der Waals surface area contributed by atoms with Gasteiger partial charge < -0.3 is 19.1 Å². The Labute approximate surface area is 161 Å². The molecule has 2 N–H and O–H groups in total. The Hall–Kier alpha value is -1.58. The van der Waals surface area contributed by atoms with Gasteiger partial charge in [-0.25, -0.2) is 0 Å². The van der Waals surface area contributed by atoms with Gasteiger partial charge in [-0.2, -0.15) is 0 Å². The van der Waals surface area contributed by atoms with E-state index in [1.807, 2.05) is 43.3 Å². The molecule has 1 atom stereocenters. The quantitative estimate of drug-likeness (QED) is 0.501. The highest BCUT2D eigenvalue weighted by Crippen LogP contribution is 2.31. The van der Waals surface area contributed by atoms with Crippen molar-refractivity contribution in [1.82, 2.24) is 4.90 Å². The number of likely N-dealkylation sites (N-methyl/N-ethyl adjacent to an activating group) is 1. The Bertz CT molecular complexity index is 771. The molecule has 2 rings (SSSR count). The summed E-state index contributed by atoms with van der Waals surface area (Å²) in [4.78, 5) is 3.13. The lowest BCUT2D eigenvalue weighted by Crippen LogP contribution is -2.21. The predicted molar refractivity (Wildman–Crippen MR) is 105 cm³/mol. The van der Waals surface area contributed by atoms with Crippen molar-refractivity contribution in [2.45, 2.75) is 18.4 Å². The summed E-state index contributed by atoms with van der Waals surface area (Å²) < 4.78 is 30.2. The van der Waals surface area contributed by atoms with Crippen LogP contribution in [0, 0.1) is 6.92 Å². The Morgan fingerprint density at radius 3 is 2.69 bits per heavy atom. The van der Waals surface area contributed by atoms with Crippen LogP contribution in [0.4, 0.5) is 5.69 Å². The van der Waals surface area contributed by atoms with Crippen molar-refractivity contribution in [2.75, 3.05) is 31.2 Å². The molecule has 0 radical (unpaired) electrons. The van der Waals surface area contributed by atoms with Crippen LogP contribution in [0.2, 0.25) is 0 Å². The number of aliphatic hydroxyl groups is 1. The molecule has 0 saturated carbocycles. The first-order valence-corrected chi connectivity index (χ1v) is 10.3. The van der Waals surface area contributed by atoms with Crippen molar-refractivity contribution in [1.29, 1.82) is 0 Å². The van der Waals surface area contributed by atoms with E-state index in [1.54, 1.807) is 30.0 Å². The maximum Gasteiger partial charge on any atom is 0.132 e. The van der Waals surface area contributed by atoms with E-state index in [4.69, 9.17) is 9.84 Å². The molecular weight excluding hydrogens is 372 g/mol. The average molecular weight is 396 g/mol. The van der Waals surface area contributed by atoms with Crippen LogP contribution in [0.25, 0.3) is 0 Å². The summed E-state index contributed by atoms with van der Waals surface area (Å²) in [5.41, 5.74) is 2.42. The van der Waals surface area contributed by atoms with Crippen molar-refractivity contribution in [3.8, 4) is 11.5 Å². The molecule has 0 amide bonds. The zero-order chi connectivity index (χ0) is 19.1. The molecule has 0 fully saturated rings. The molecule has 2 aromatic carbocycles. The number of rotatable bonds is 9. The third-order valence-corrected chi connectivity index (χ3v) is 5.08. The van der Waals surface area contributed by atoms with Crippen LogP contribution in [0.5, 0.6) is 11.5 Å². The van der Waals surface area contributed by atoms with E-state index < -0.39 is 11.3 Å². The molecule has 0 bridgehead atoms. The smallest absolute Gasteiger partial charge is 0.132 e. The Morgan fingerprint density at radius 2 is 2.08 bits per heavy atom.